The summed E-state index contributed by atoms with van der Waals surface area (Å²) >= 11 is 0. The van der Waals surface area contributed by atoms with Crippen molar-refractivity contribution < 1.29 is 18.0 Å². The lowest BCUT2D eigenvalue weighted by atomic mass is 10.1. The monoisotopic (exact) mass is 281 g/mol. The number of oxazole rings is 1. The van der Waals surface area contributed by atoms with Crippen molar-refractivity contribution in [3.63, 3.8) is 0 Å². The van der Waals surface area contributed by atoms with E-state index in [1.165, 1.54) is 0 Å². The van der Waals surface area contributed by atoms with E-state index in [4.69, 9.17) is 10.2 Å². The fourth-order valence-electron chi connectivity index (χ4n) is 1.60. The summed E-state index contributed by atoms with van der Waals surface area (Å²) in [5.41, 5.74) is 5.21. The van der Waals surface area contributed by atoms with Gasteiger partial charge in [0.1, 0.15) is 5.76 Å². The van der Waals surface area contributed by atoms with Crippen molar-refractivity contribution in [3.05, 3.63) is 47.2 Å². The minimum absolute atomic E-state index is 0.0390. The highest BCUT2D eigenvalue weighted by atomic mass is 19.2. The zero-order chi connectivity index (χ0) is 14.7. The smallest absolute Gasteiger partial charge is 0.253 e. The van der Waals surface area contributed by atoms with Crippen molar-refractivity contribution in [1.29, 1.82) is 0 Å². The summed E-state index contributed by atoms with van der Waals surface area (Å²) in [6.07, 6.45) is 2.25. The van der Waals surface area contributed by atoms with Crippen LogP contribution in [0.3, 0.4) is 0 Å². The lowest BCUT2D eigenvalue weighted by Gasteiger charge is -2.06. The van der Waals surface area contributed by atoms with Crippen molar-refractivity contribution in [2.75, 3.05) is 5.73 Å². The number of carbonyl (C=O) groups is 1. The molecule has 0 fully saturated rings. The number of nitrogens with zero attached hydrogens (tertiary/aromatic N) is 1. The van der Waals surface area contributed by atoms with Gasteiger partial charge in [0.05, 0.1) is 18.3 Å². The Labute approximate surface area is 113 Å². The van der Waals surface area contributed by atoms with Crippen LogP contribution in [0.4, 0.5) is 14.5 Å². The molecule has 0 unspecified atom stereocenters. The summed E-state index contributed by atoms with van der Waals surface area (Å²) in [4.78, 5) is 15.8. The van der Waals surface area contributed by atoms with Crippen molar-refractivity contribution in [1.82, 2.24) is 10.3 Å². The van der Waals surface area contributed by atoms with Crippen LogP contribution in [0.15, 0.2) is 22.7 Å². The third kappa shape index (κ3) is 2.93. The van der Waals surface area contributed by atoms with Crippen molar-refractivity contribution in [3.8, 4) is 0 Å². The average Bonchev–Trinajstić information content (AvgIpc) is 2.88. The first-order valence-corrected chi connectivity index (χ1v) is 5.97. The molecule has 1 heterocycles. The number of aryl methyl sites for hydroxylation is 1. The van der Waals surface area contributed by atoms with E-state index < -0.39 is 17.5 Å². The third-order valence-electron chi connectivity index (χ3n) is 2.69. The molecule has 0 spiro atoms. The largest absolute Gasteiger partial charge is 0.444 e. The second-order valence-corrected chi connectivity index (χ2v) is 4.11. The number of hydrogen-bond donors (Lipinski definition) is 2. The van der Waals surface area contributed by atoms with Gasteiger partial charge in [-0.15, -0.1) is 0 Å². The molecule has 1 aromatic carbocycles. The van der Waals surface area contributed by atoms with Crippen LogP contribution in [0, 0.1) is 11.6 Å². The normalized spacial score (nSPS) is 10.6. The van der Waals surface area contributed by atoms with Crippen LogP contribution in [-0.4, -0.2) is 10.9 Å². The lowest BCUT2D eigenvalue weighted by Crippen LogP contribution is -2.24. The van der Waals surface area contributed by atoms with E-state index in [-0.39, 0.29) is 17.8 Å². The maximum Gasteiger partial charge on any atom is 0.253 e. The van der Waals surface area contributed by atoms with E-state index in [2.05, 4.69) is 10.3 Å². The van der Waals surface area contributed by atoms with Crippen LogP contribution in [0.1, 0.15) is 28.9 Å². The molecule has 0 atom stereocenters. The SMILES string of the molecule is CCc1cnc(CNC(=O)c2cc(F)c(F)cc2N)o1. The molecular formula is C13H13F2N3O2. The standard InChI is InChI=1S/C13H13F2N3O2/c1-2-7-5-17-12(20-7)6-18-13(19)8-3-9(14)10(15)4-11(8)16/h3-5H,2,6,16H2,1H3,(H,18,19). The van der Waals surface area contributed by atoms with Gasteiger partial charge in [-0.1, -0.05) is 6.92 Å². The Balaban J connectivity index is 2.07. The second-order valence-electron chi connectivity index (χ2n) is 4.11. The molecule has 2 aromatic rings. The first-order chi connectivity index (χ1) is 9.51. The number of nitrogen functional groups attached to an aromatic ring is 1. The van der Waals surface area contributed by atoms with Crippen molar-refractivity contribution in [2.24, 2.45) is 0 Å². The number of carbonyl (C=O) groups excluding carboxylic acids is 1. The van der Waals surface area contributed by atoms with Gasteiger partial charge in [0.15, 0.2) is 11.6 Å². The van der Waals surface area contributed by atoms with Crippen LogP contribution in [0.2, 0.25) is 0 Å². The van der Waals surface area contributed by atoms with E-state index in [0.717, 1.165) is 12.1 Å². The number of anilines is 1. The molecule has 0 bridgehead atoms. The average molecular weight is 281 g/mol. The summed E-state index contributed by atoms with van der Waals surface area (Å²) < 4.78 is 31.3. The van der Waals surface area contributed by atoms with Gasteiger partial charge < -0.3 is 15.5 Å². The predicted octanol–water partition coefficient (Wildman–Crippen LogP) is 2.03. The second kappa shape index (κ2) is 5.68. The Morgan fingerprint density at radius 2 is 2.10 bits per heavy atom. The summed E-state index contributed by atoms with van der Waals surface area (Å²) in [5.74, 6) is -1.83. The Kier molecular flexibility index (Phi) is 3.97. The highest BCUT2D eigenvalue weighted by Crippen LogP contribution is 2.17. The van der Waals surface area contributed by atoms with Gasteiger partial charge in [0.25, 0.3) is 5.91 Å². The van der Waals surface area contributed by atoms with Gasteiger partial charge in [-0.3, -0.25) is 4.79 Å². The first kappa shape index (κ1) is 14.0. The van der Waals surface area contributed by atoms with Gasteiger partial charge in [-0.2, -0.15) is 0 Å². The number of halogens is 2. The van der Waals surface area contributed by atoms with E-state index in [9.17, 15) is 13.6 Å². The Morgan fingerprint density at radius 1 is 1.40 bits per heavy atom. The van der Waals surface area contributed by atoms with Crippen LogP contribution in [0.5, 0.6) is 0 Å². The molecule has 1 amide bonds. The van der Waals surface area contributed by atoms with E-state index in [1.807, 2.05) is 6.92 Å². The molecule has 0 radical (unpaired) electrons. The highest BCUT2D eigenvalue weighted by molar-refractivity contribution is 5.99. The Bertz CT molecular complexity index is 641. The molecule has 20 heavy (non-hydrogen) atoms. The Morgan fingerprint density at radius 3 is 2.75 bits per heavy atom. The van der Waals surface area contributed by atoms with E-state index in [1.54, 1.807) is 6.20 Å². The summed E-state index contributed by atoms with van der Waals surface area (Å²) in [7, 11) is 0. The number of hydrogen-bond acceptors (Lipinski definition) is 4. The number of rotatable bonds is 4. The molecule has 7 heteroatoms. The summed E-state index contributed by atoms with van der Waals surface area (Å²) in [5, 5.41) is 2.48. The molecule has 2 rings (SSSR count). The van der Waals surface area contributed by atoms with Crippen LogP contribution < -0.4 is 11.1 Å². The molecule has 0 aliphatic rings. The molecule has 5 nitrogen and oxygen atoms in total. The number of benzene rings is 1. The summed E-state index contributed by atoms with van der Waals surface area (Å²) in [6, 6.07) is 1.53. The molecule has 0 aliphatic heterocycles. The van der Waals surface area contributed by atoms with Crippen LogP contribution >= 0.6 is 0 Å². The molecule has 0 aliphatic carbocycles. The number of nitrogens with two attached hydrogens (primary N) is 1. The fourth-order valence-corrected chi connectivity index (χ4v) is 1.60. The quantitative estimate of drug-likeness (QED) is 0.840. The van der Waals surface area contributed by atoms with Crippen LogP contribution in [0.25, 0.3) is 0 Å². The van der Waals surface area contributed by atoms with Gasteiger partial charge in [-0.05, 0) is 6.07 Å². The van der Waals surface area contributed by atoms with E-state index in [0.29, 0.717) is 18.1 Å². The number of nitrogens with one attached hydrogen (secondary N) is 1. The zero-order valence-electron chi connectivity index (χ0n) is 10.7. The maximum absolute atomic E-state index is 13.1. The van der Waals surface area contributed by atoms with Gasteiger partial charge in [0, 0.05) is 18.2 Å². The van der Waals surface area contributed by atoms with Crippen molar-refractivity contribution in [2.45, 2.75) is 19.9 Å². The van der Waals surface area contributed by atoms with Gasteiger partial charge >= 0.3 is 0 Å². The van der Waals surface area contributed by atoms with Gasteiger partial charge in [-0.25, -0.2) is 13.8 Å². The third-order valence-corrected chi connectivity index (χ3v) is 2.69. The highest BCUT2D eigenvalue weighted by Gasteiger charge is 2.15. The molecule has 0 saturated heterocycles. The van der Waals surface area contributed by atoms with E-state index >= 15 is 0 Å². The molecule has 0 saturated carbocycles. The van der Waals surface area contributed by atoms with Gasteiger partial charge in [0.2, 0.25) is 5.89 Å². The minimum Gasteiger partial charge on any atom is -0.444 e. The molecule has 106 valence electrons. The number of aromatic nitrogens is 1. The predicted molar refractivity (Wildman–Crippen MR) is 67.8 cm³/mol. The summed E-state index contributed by atoms with van der Waals surface area (Å²) in [6.45, 7) is 1.95. The minimum atomic E-state index is -1.13. The lowest BCUT2D eigenvalue weighted by molar-refractivity contribution is 0.0947. The number of amides is 1. The molecule has 3 N–H and O–H groups in total. The Hall–Kier alpha value is -2.44. The zero-order valence-corrected chi connectivity index (χ0v) is 10.7. The molecule has 1 aromatic heterocycles. The maximum atomic E-state index is 13.1. The fraction of sp³-hybridized carbons (Fsp3) is 0.231. The van der Waals surface area contributed by atoms with Crippen molar-refractivity contribution >= 4 is 11.6 Å². The first-order valence-electron chi connectivity index (χ1n) is 5.97. The topological polar surface area (TPSA) is 81.2 Å². The van der Waals surface area contributed by atoms with Crippen LogP contribution in [-0.2, 0) is 13.0 Å². The molecular weight excluding hydrogens is 268 g/mol.